The molecule has 0 aliphatic rings. The Bertz CT molecular complexity index is 332. The van der Waals surface area contributed by atoms with E-state index in [4.69, 9.17) is 5.73 Å². The van der Waals surface area contributed by atoms with E-state index in [1.807, 2.05) is 0 Å². The van der Waals surface area contributed by atoms with Gasteiger partial charge in [-0.25, -0.2) is 0 Å². The Morgan fingerprint density at radius 1 is 1.05 bits per heavy atom. The Balaban J connectivity index is 2.79. The summed E-state index contributed by atoms with van der Waals surface area (Å²) in [7, 11) is 4.69. The Morgan fingerprint density at radius 2 is 1.74 bits per heavy atom. The monoisotopic (exact) mass is 263 g/mol. The summed E-state index contributed by atoms with van der Waals surface area (Å²) in [5.74, 6) is 0. The van der Waals surface area contributed by atoms with E-state index < -0.39 is 0 Å². The van der Waals surface area contributed by atoms with Crippen LogP contribution in [0.2, 0.25) is 0 Å². The second-order valence-electron chi connectivity index (χ2n) is 6.07. The third-order valence-electron chi connectivity index (χ3n) is 4.05. The lowest BCUT2D eigenvalue weighted by Crippen LogP contribution is -2.44. The van der Waals surface area contributed by atoms with E-state index >= 15 is 0 Å². The lowest BCUT2D eigenvalue weighted by Gasteiger charge is -2.38. The molecule has 2 nitrogen and oxygen atoms in total. The van der Waals surface area contributed by atoms with Gasteiger partial charge in [0.1, 0.15) is 6.04 Å². The van der Waals surface area contributed by atoms with Crippen LogP contribution >= 0.6 is 0 Å². The molecule has 0 aliphatic carbocycles. The van der Waals surface area contributed by atoms with Gasteiger partial charge in [0, 0.05) is 18.4 Å². The van der Waals surface area contributed by atoms with Gasteiger partial charge in [-0.15, -0.1) is 0 Å². The van der Waals surface area contributed by atoms with Gasteiger partial charge < -0.3 is 10.2 Å². The van der Waals surface area contributed by atoms with Crippen molar-refractivity contribution in [3.63, 3.8) is 0 Å². The molecule has 0 fully saturated rings. The van der Waals surface area contributed by atoms with Crippen LogP contribution < -0.4 is 5.73 Å². The smallest absolute Gasteiger partial charge is 0.114 e. The van der Waals surface area contributed by atoms with E-state index in [9.17, 15) is 0 Å². The molecule has 19 heavy (non-hydrogen) atoms. The van der Waals surface area contributed by atoms with Crippen molar-refractivity contribution in [2.75, 3.05) is 27.2 Å². The molecule has 0 aromatic heterocycles. The third kappa shape index (κ3) is 5.33. The Morgan fingerprint density at radius 3 is 2.32 bits per heavy atom. The number of nitrogens with two attached hydrogens (primary N) is 1. The number of hydrogen-bond donors (Lipinski definition) is 1. The van der Waals surface area contributed by atoms with Crippen molar-refractivity contribution in [3.05, 3.63) is 35.9 Å². The van der Waals surface area contributed by atoms with Crippen molar-refractivity contribution in [2.45, 2.75) is 45.1 Å². The molecule has 1 unspecified atom stereocenters. The molecular weight excluding hydrogens is 232 g/mol. The summed E-state index contributed by atoms with van der Waals surface area (Å²) in [6.07, 6.45) is 6.32. The fourth-order valence-electron chi connectivity index (χ4n) is 2.84. The average Bonchev–Trinajstić information content (AvgIpc) is 2.42. The van der Waals surface area contributed by atoms with Crippen LogP contribution in [0.5, 0.6) is 0 Å². The summed E-state index contributed by atoms with van der Waals surface area (Å²) in [6.45, 7) is 4.21. The zero-order valence-corrected chi connectivity index (χ0v) is 12.9. The van der Waals surface area contributed by atoms with Crippen LogP contribution in [0, 0.1) is 0 Å². The van der Waals surface area contributed by atoms with E-state index in [0.717, 1.165) is 24.0 Å². The van der Waals surface area contributed by atoms with Crippen molar-refractivity contribution in [1.29, 1.82) is 0 Å². The number of hydrogen-bond acceptors (Lipinski definition) is 1. The highest BCUT2D eigenvalue weighted by molar-refractivity contribution is 5.17. The minimum Gasteiger partial charge on any atom is -0.330 e. The molecule has 0 spiro atoms. The van der Waals surface area contributed by atoms with Crippen molar-refractivity contribution < 1.29 is 4.48 Å². The maximum absolute atomic E-state index is 5.69. The molecule has 0 aliphatic heterocycles. The molecule has 1 rings (SSSR count). The van der Waals surface area contributed by atoms with Gasteiger partial charge in [0.05, 0.1) is 20.6 Å². The maximum Gasteiger partial charge on any atom is 0.114 e. The maximum atomic E-state index is 5.69. The van der Waals surface area contributed by atoms with Gasteiger partial charge in [-0.1, -0.05) is 50.1 Å². The number of quaternary nitrogens is 1. The molecule has 0 saturated carbocycles. The van der Waals surface area contributed by atoms with Crippen LogP contribution in [0.15, 0.2) is 30.3 Å². The highest BCUT2D eigenvalue weighted by Gasteiger charge is 2.28. The van der Waals surface area contributed by atoms with Gasteiger partial charge in [-0.2, -0.15) is 0 Å². The van der Waals surface area contributed by atoms with Gasteiger partial charge in [-0.3, -0.25) is 0 Å². The first-order valence-corrected chi connectivity index (χ1v) is 7.69. The van der Waals surface area contributed by atoms with Crippen LogP contribution in [-0.4, -0.2) is 31.7 Å². The first-order chi connectivity index (χ1) is 9.11. The molecule has 0 radical (unpaired) electrons. The van der Waals surface area contributed by atoms with Crippen molar-refractivity contribution >= 4 is 0 Å². The highest BCUT2D eigenvalue weighted by atomic mass is 15.3. The normalized spacial score (nSPS) is 13.5. The molecule has 0 saturated heterocycles. The Hall–Kier alpha value is -0.860. The van der Waals surface area contributed by atoms with Gasteiger partial charge in [-0.05, 0) is 13.0 Å². The standard InChI is InChI=1S/C17H31N2/c1-4-5-7-13-17(16-11-8-6-9-12-16)19(2,3)15-10-14-18/h6,8-9,11-12,17H,4-5,7,10,13-15,18H2,1-3H3/q+1. The quantitative estimate of drug-likeness (QED) is 0.533. The van der Waals surface area contributed by atoms with Crippen LogP contribution in [0.25, 0.3) is 0 Å². The number of unbranched alkanes of at least 4 members (excludes halogenated alkanes) is 2. The SMILES string of the molecule is CCCCCC(c1ccccc1)[N+](C)(C)CCCN. The average molecular weight is 263 g/mol. The minimum absolute atomic E-state index is 0.597. The summed E-state index contributed by atoms with van der Waals surface area (Å²) < 4.78 is 1.05. The molecule has 1 atom stereocenters. The van der Waals surface area contributed by atoms with E-state index in [2.05, 4.69) is 51.4 Å². The van der Waals surface area contributed by atoms with Gasteiger partial charge in [0.2, 0.25) is 0 Å². The van der Waals surface area contributed by atoms with E-state index in [-0.39, 0.29) is 0 Å². The van der Waals surface area contributed by atoms with Crippen molar-refractivity contribution in [2.24, 2.45) is 5.73 Å². The predicted octanol–water partition coefficient (Wildman–Crippen LogP) is 3.73. The lowest BCUT2D eigenvalue weighted by atomic mass is 9.97. The topological polar surface area (TPSA) is 26.0 Å². The summed E-state index contributed by atoms with van der Waals surface area (Å²) in [6, 6.07) is 11.6. The van der Waals surface area contributed by atoms with Crippen molar-refractivity contribution in [3.8, 4) is 0 Å². The highest BCUT2D eigenvalue weighted by Crippen LogP contribution is 2.30. The molecule has 108 valence electrons. The van der Waals surface area contributed by atoms with Gasteiger partial charge >= 0.3 is 0 Å². The fourth-order valence-corrected chi connectivity index (χ4v) is 2.84. The van der Waals surface area contributed by atoms with Crippen LogP contribution in [-0.2, 0) is 0 Å². The first-order valence-electron chi connectivity index (χ1n) is 7.69. The molecule has 0 bridgehead atoms. The Labute approximate surface area is 119 Å². The van der Waals surface area contributed by atoms with Crippen molar-refractivity contribution in [1.82, 2.24) is 0 Å². The van der Waals surface area contributed by atoms with E-state index in [1.165, 1.54) is 31.2 Å². The zero-order chi connectivity index (χ0) is 14.1. The number of rotatable bonds is 9. The molecular formula is C17H31N2+. The molecule has 2 heteroatoms. The van der Waals surface area contributed by atoms with Gasteiger partial charge in [0.25, 0.3) is 0 Å². The predicted molar refractivity (Wildman–Crippen MR) is 84.0 cm³/mol. The van der Waals surface area contributed by atoms with E-state index in [0.29, 0.717) is 6.04 Å². The van der Waals surface area contributed by atoms with Crippen LogP contribution in [0.1, 0.15) is 50.6 Å². The summed E-state index contributed by atoms with van der Waals surface area (Å²) in [5, 5.41) is 0. The zero-order valence-electron chi connectivity index (χ0n) is 12.9. The molecule has 1 aromatic rings. The summed E-state index contributed by atoms with van der Waals surface area (Å²) in [5.41, 5.74) is 7.16. The van der Waals surface area contributed by atoms with Gasteiger partial charge in [0.15, 0.2) is 0 Å². The van der Waals surface area contributed by atoms with Crippen LogP contribution in [0.4, 0.5) is 0 Å². The van der Waals surface area contributed by atoms with E-state index in [1.54, 1.807) is 0 Å². The first kappa shape index (κ1) is 16.2. The largest absolute Gasteiger partial charge is 0.330 e. The molecule has 2 N–H and O–H groups in total. The molecule has 1 aromatic carbocycles. The summed E-state index contributed by atoms with van der Waals surface area (Å²) in [4.78, 5) is 0. The second-order valence-corrected chi connectivity index (χ2v) is 6.07. The second kappa shape index (κ2) is 8.34. The third-order valence-corrected chi connectivity index (χ3v) is 4.05. The molecule has 0 amide bonds. The lowest BCUT2D eigenvalue weighted by molar-refractivity contribution is -0.921. The number of nitrogens with zero attached hydrogens (tertiary/aromatic N) is 1. The summed E-state index contributed by atoms with van der Waals surface area (Å²) >= 11 is 0. The number of benzene rings is 1. The minimum atomic E-state index is 0.597. The fraction of sp³-hybridized carbons (Fsp3) is 0.647. The van der Waals surface area contributed by atoms with Crippen LogP contribution in [0.3, 0.4) is 0 Å². The Kier molecular flexibility index (Phi) is 7.11. The molecule has 0 heterocycles.